The summed E-state index contributed by atoms with van der Waals surface area (Å²) in [5.41, 5.74) is 0. The van der Waals surface area contributed by atoms with Crippen molar-refractivity contribution in [3.05, 3.63) is 0 Å². The standard InChI is InChI=1S/C9H19NO/c1-2-3-6-11-8-9-4-5-10-7-9/h9-10H,2-8H2,1H3/t9-/m0/s1. The summed E-state index contributed by atoms with van der Waals surface area (Å²) in [5.74, 6) is 0.784. The number of nitrogens with one attached hydrogen (secondary N) is 1. The first kappa shape index (κ1) is 9.01. The van der Waals surface area contributed by atoms with Crippen LogP contribution < -0.4 is 5.32 Å². The van der Waals surface area contributed by atoms with Gasteiger partial charge in [-0.05, 0) is 25.3 Å². The van der Waals surface area contributed by atoms with E-state index in [0.29, 0.717) is 0 Å². The van der Waals surface area contributed by atoms with E-state index in [-0.39, 0.29) is 0 Å². The molecule has 2 nitrogen and oxygen atoms in total. The molecule has 0 unspecified atom stereocenters. The Labute approximate surface area is 69.3 Å². The minimum Gasteiger partial charge on any atom is -0.381 e. The summed E-state index contributed by atoms with van der Waals surface area (Å²) in [7, 11) is 0. The first-order valence-corrected chi connectivity index (χ1v) is 4.72. The van der Waals surface area contributed by atoms with Crippen LogP contribution in [0.4, 0.5) is 0 Å². The molecule has 0 bridgehead atoms. The monoisotopic (exact) mass is 157 g/mol. The Balaban J connectivity index is 1.86. The summed E-state index contributed by atoms with van der Waals surface area (Å²) in [4.78, 5) is 0. The summed E-state index contributed by atoms with van der Waals surface area (Å²) in [6, 6.07) is 0. The predicted octanol–water partition coefficient (Wildman–Crippen LogP) is 1.41. The van der Waals surface area contributed by atoms with Gasteiger partial charge in [0.25, 0.3) is 0 Å². The second-order valence-corrected chi connectivity index (χ2v) is 3.29. The molecule has 1 aliphatic rings. The molecule has 0 aromatic rings. The predicted molar refractivity (Wildman–Crippen MR) is 46.7 cm³/mol. The smallest absolute Gasteiger partial charge is 0.0506 e. The molecular weight excluding hydrogens is 138 g/mol. The molecular formula is C9H19NO. The molecule has 66 valence electrons. The first-order valence-electron chi connectivity index (χ1n) is 4.72. The van der Waals surface area contributed by atoms with Crippen LogP contribution >= 0.6 is 0 Å². The van der Waals surface area contributed by atoms with Crippen LogP contribution in [-0.4, -0.2) is 26.3 Å². The fraction of sp³-hybridized carbons (Fsp3) is 1.00. The van der Waals surface area contributed by atoms with Crippen molar-refractivity contribution in [1.29, 1.82) is 0 Å². The van der Waals surface area contributed by atoms with Crippen LogP contribution in [0.5, 0.6) is 0 Å². The minimum absolute atomic E-state index is 0.784. The number of ether oxygens (including phenoxy) is 1. The van der Waals surface area contributed by atoms with E-state index in [1.165, 1.54) is 25.8 Å². The topological polar surface area (TPSA) is 21.3 Å². The number of hydrogen-bond acceptors (Lipinski definition) is 2. The van der Waals surface area contributed by atoms with Crippen molar-refractivity contribution < 1.29 is 4.74 Å². The van der Waals surface area contributed by atoms with E-state index in [1.807, 2.05) is 0 Å². The quantitative estimate of drug-likeness (QED) is 0.609. The van der Waals surface area contributed by atoms with E-state index in [9.17, 15) is 0 Å². The van der Waals surface area contributed by atoms with Crippen LogP contribution in [0.1, 0.15) is 26.2 Å². The third-order valence-electron chi connectivity index (χ3n) is 2.16. The molecule has 1 saturated heterocycles. The molecule has 0 aromatic carbocycles. The van der Waals surface area contributed by atoms with Gasteiger partial charge in [-0.15, -0.1) is 0 Å². The molecule has 11 heavy (non-hydrogen) atoms. The molecule has 1 N–H and O–H groups in total. The highest BCUT2D eigenvalue weighted by Crippen LogP contribution is 2.07. The third-order valence-corrected chi connectivity index (χ3v) is 2.16. The molecule has 0 spiro atoms. The molecule has 0 aromatic heterocycles. The van der Waals surface area contributed by atoms with Crippen molar-refractivity contribution in [2.45, 2.75) is 26.2 Å². The Morgan fingerprint density at radius 3 is 3.09 bits per heavy atom. The second kappa shape index (κ2) is 5.56. The lowest BCUT2D eigenvalue weighted by atomic mass is 10.1. The lowest BCUT2D eigenvalue weighted by Crippen LogP contribution is -2.14. The van der Waals surface area contributed by atoms with Crippen LogP contribution in [0.3, 0.4) is 0 Å². The fourth-order valence-electron chi connectivity index (χ4n) is 1.35. The molecule has 1 fully saturated rings. The number of unbranched alkanes of at least 4 members (excludes halogenated alkanes) is 1. The van der Waals surface area contributed by atoms with Gasteiger partial charge in [-0.3, -0.25) is 0 Å². The van der Waals surface area contributed by atoms with Crippen molar-refractivity contribution in [3.8, 4) is 0 Å². The third kappa shape index (κ3) is 3.73. The molecule has 1 atom stereocenters. The van der Waals surface area contributed by atoms with Crippen LogP contribution in [0.2, 0.25) is 0 Å². The van der Waals surface area contributed by atoms with Crippen LogP contribution in [-0.2, 0) is 4.74 Å². The number of hydrogen-bond donors (Lipinski definition) is 1. The Kier molecular flexibility index (Phi) is 4.55. The van der Waals surface area contributed by atoms with Gasteiger partial charge in [-0.25, -0.2) is 0 Å². The normalized spacial score (nSPS) is 24.3. The maximum absolute atomic E-state index is 5.52. The maximum atomic E-state index is 5.52. The van der Waals surface area contributed by atoms with Gasteiger partial charge in [0.1, 0.15) is 0 Å². The van der Waals surface area contributed by atoms with E-state index in [1.54, 1.807) is 0 Å². The first-order chi connectivity index (χ1) is 5.43. The molecule has 0 aliphatic carbocycles. The van der Waals surface area contributed by atoms with E-state index in [2.05, 4.69) is 12.2 Å². The van der Waals surface area contributed by atoms with Crippen LogP contribution in [0.15, 0.2) is 0 Å². The highest BCUT2D eigenvalue weighted by atomic mass is 16.5. The van der Waals surface area contributed by atoms with Crippen LogP contribution in [0, 0.1) is 5.92 Å². The van der Waals surface area contributed by atoms with Gasteiger partial charge in [0.15, 0.2) is 0 Å². The average Bonchev–Trinajstić information content (AvgIpc) is 2.50. The fourth-order valence-corrected chi connectivity index (χ4v) is 1.35. The molecule has 2 heteroatoms. The van der Waals surface area contributed by atoms with Crippen molar-refractivity contribution in [2.75, 3.05) is 26.3 Å². The van der Waals surface area contributed by atoms with Gasteiger partial charge in [0.05, 0.1) is 6.61 Å². The summed E-state index contributed by atoms with van der Waals surface area (Å²) < 4.78 is 5.52. The van der Waals surface area contributed by atoms with Gasteiger partial charge in [0, 0.05) is 13.2 Å². The average molecular weight is 157 g/mol. The second-order valence-electron chi connectivity index (χ2n) is 3.29. The Morgan fingerprint density at radius 1 is 1.55 bits per heavy atom. The Bertz CT molecular complexity index is 89.6. The highest BCUT2D eigenvalue weighted by Gasteiger charge is 2.13. The zero-order valence-corrected chi connectivity index (χ0v) is 7.44. The molecule has 1 aliphatic heterocycles. The zero-order chi connectivity index (χ0) is 7.94. The van der Waals surface area contributed by atoms with Gasteiger partial charge >= 0.3 is 0 Å². The zero-order valence-electron chi connectivity index (χ0n) is 7.44. The lowest BCUT2D eigenvalue weighted by molar-refractivity contribution is 0.103. The van der Waals surface area contributed by atoms with Crippen LogP contribution in [0.25, 0.3) is 0 Å². The van der Waals surface area contributed by atoms with Crippen molar-refractivity contribution in [3.63, 3.8) is 0 Å². The molecule has 0 saturated carbocycles. The van der Waals surface area contributed by atoms with E-state index in [4.69, 9.17) is 4.74 Å². The number of rotatable bonds is 5. The largest absolute Gasteiger partial charge is 0.381 e. The summed E-state index contributed by atoms with van der Waals surface area (Å²) in [6.45, 7) is 6.45. The summed E-state index contributed by atoms with van der Waals surface area (Å²) in [6.07, 6.45) is 3.75. The van der Waals surface area contributed by atoms with E-state index >= 15 is 0 Å². The lowest BCUT2D eigenvalue weighted by Gasteiger charge is -2.07. The molecule has 1 heterocycles. The summed E-state index contributed by atoms with van der Waals surface area (Å²) >= 11 is 0. The van der Waals surface area contributed by atoms with E-state index in [0.717, 1.165) is 25.7 Å². The van der Waals surface area contributed by atoms with Gasteiger partial charge in [-0.2, -0.15) is 0 Å². The van der Waals surface area contributed by atoms with Gasteiger partial charge < -0.3 is 10.1 Å². The minimum atomic E-state index is 0.784. The molecule has 1 rings (SSSR count). The van der Waals surface area contributed by atoms with Gasteiger partial charge in [0.2, 0.25) is 0 Å². The van der Waals surface area contributed by atoms with Crippen molar-refractivity contribution >= 4 is 0 Å². The maximum Gasteiger partial charge on any atom is 0.0506 e. The van der Waals surface area contributed by atoms with E-state index < -0.39 is 0 Å². The highest BCUT2D eigenvalue weighted by molar-refractivity contribution is 4.69. The summed E-state index contributed by atoms with van der Waals surface area (Å²) in [5, 5.41) is 3.33. The van der Waals surface area contributed by atoms with Gasteiger partial charge in [-0.1, -0.05) is 13.3 Å². The SMILES string of the molecule is CCCCOC[C@H]1CCNC1. The molecule has 0 radical (unpaired) electrons. The van der Waals surface area contributed by atoms with Crippen molar-refractivity contribution in [2.24, 2.45) is 5.92 Å². The van der Waals surface area contributed by atoms with Crippen molar-refractivity contribution in [1.82, 2.24) is 5.32 Å². The Morgan fingerprint density at radius 2 is 2.45 bits per heavy atom. The molecule has 0 amide bonds. The Hall–Kier alpha value is -0.0800.